The molecule has 0 aliphatic carbocycles. The number of fused-ring (bicyclic) bond motifs is 1. The minimum atomic E-state index is -0.696. The van der Waals surface area contributed by atoms with E-state index in [1.54, 1.807) is 18.3 Å². The van der Waals surface area contributed by atoms with E-state index in [-0.39, 0.29) is 11.1 Å². The number of halogens is 2. The van der Waals surface area contributed by atoms with E-state index >= 15 is 0 Å². The average Bonchev–Trinajstić information content (AvgIpc) is 3.42. The van der Waals surface area contributed by atoms with Crippen LogP contribution in [0.3, 0.4) is 0 Å². The fourth-order valence-corrected chi connectivity index (χ4v) is 3.83. The maximum absolute atomic E-state index is 14.4. The minimum absolute atomic E-state index is 0.103. The average molecular weight is 433 g/mol. The number of aromatic nitrogens is 2. The Morgan fingerprint density at radius 2 is 2.09 bits per heavy atom. The van der Waals surface area contributed by atoms with Crippen LogP contribution in [0.15, 0.2) is 53.8 Å². The van der Waals surface area contributed by atoms with Crippen molar-refractivity contribution >= 4 is 23.0 Å². The Kier molecular flexibility index (Phi) is 5.82. The van der Waals surface area contributed by atoms with Crippen LogP contribution in [0, 0.1) is 29.9 Å². The number of aryl methyl sites for hydroxylation is 2. The first-order valence-electron chi connectivity index (χ1n) is 10.2. The molecule has 0 bridgehead atoms. The summed E-state index contributed by atoms with van der Waals surface area (Å²) in [5, 5.41) is 19.5. The van der Waals surface area contributed by atoms with Crippen molar-refractivity contribution in [1.82, 2.24) is 14.8 Å². The van der Waals surface area contributed by atoms with Crippen molar-refractivity contribution in [3.63, 3.8) is 0 Å². The molecule has 3 aromatic rings. The van der Waals surface area contributed by atoms with Gasteiger partial charge in [-0.1, -0.05) is 6.58 Å². The van der Waals surface area contributed by atoms with Crippen LogP contribution in [0.2, 0.25) is 0 Å². The number of amides is 1. The molecule has 1 aliphatic rings. The second-order valence-electron chi connectivity index (χ2n) is 7.78. The highest BCUT2D eigenvalue weighted by Crippen LogP contribution is 2.32. The lowest BCUT2D eigenvalue weighted by atomic mass is 10.0. The summed E-state index contributed by atoms with van der Waals surface area (Å²) in [5.74, 6) is -1.49. The largest absolute Gasteiger partial charge is 0.269 e. The molecule has 0 radical (unpaired) electrons. The SMILES string of the molecule is C=C(CCCn1ncc2cc(C#N)ccc21)C(=O)N1N=CCC1c1cc(F)c(C)cc1F. The fourth-order valence-electron chi connectivity index (χ4n) is 3.83. The first-order valence-corrected chi connectivity index (χ1v) is 10.2. The molecule has 162 valence electrons. The van der Waals surface area contributed by atoms with Crippen molar-refractivity contribution in [3.8, 4) is 6.07 Å². The van der Waals surface area contributed by atoms with Crippen LogP contribution in [-0.4, -0.2) is 26.9 Å². The lowest BCUT2D eigenvalue weighted by molar-refractivity contribution is -0.129. The van der Waals surface area contributed by atoms with E-state index in [2.05, 4.69) is 22.8 Å². The second kappa shape index (κ2) is 8.71. The van der Waals surface area contributed by atoms with Gasteiger partial charge in [0.05, 0.1) is 29.4 Å². The summed E-state index contributed by atoms with van der Waals surface area (Å²) in [5.41, 5.74) is 2.13. The summed E-state index contributed by atoms with van der Waals surface area (Å²) in [6.45, 7) is 5.94. The number of hydrogen-bond donors (Lipinski definition) is 0. The lowest BCUT2D eigenvalue weighted by Crippen LogP contribution is -2.29. The van der Waals surface area contributed by atoms with Crippen LogP contribution in [-0.2, 0) is 11.3 Å². The molecule has 6 nitrogen and oxygen atoms in total. The van der Waals surface area contributed by atoms with Crippen LogP contribution in [0.4, 0.5) is 8.78 Å². The van der Waals surface area contributed by atoms with Gasteiger partial charge in [-0.25, -0.2) is 13.8 Å². The highest BCUT2D eigenvalue weighted by molar-refractivity contribution is 5.94. The summed E-state index contributed by atoms with van der Waals surface area (Å²) in [4.78, 5) is 12.9. The molecule has 1 aliphatic heterocycles. The van der Waals surface area contributed by atoms with E-state index in [9.17, 15) is 13.6 Å². The zero-order valence-electron chi connectivity index (χ0n) is 17.6. The van der Waals surface area contributed by atoms with Crippen LogP contribution < -0.4 is 0 Å². The monoisotopic (exact) mass is 433 g/mol. The van der Waals surface area contributed by atoms with Gasteiger partial charge in [0.2, 0.25) is 0 Å². The number of rotatable bonds is 6. The number of nitrogens with zero attached hydrogens (tertiary/aromatic N) is 5. The third kappa shape index (κ3) is 4.02. The molecule has 2 heterocycles. The predicted molar refractivity (Wildman–Crippen MR) is 117 cm³/mol. The topological polar surface area (TPSA) is 74.3 Å². The van der Waals surface area contributed by atoms with Gasteiger partial charge in [-0.05, 0) is 55.7 Å². The predicted octanol–water partition coefficient (Wildman–Crippen LogP) is 4.79. The number of benzene rings is 2. The number of carbonyl (C=O) groups is 1. The molecule has 0 spiro atoms. The van der Waals surface area contributed by atoms with Crippen LogP contribution in [0.1, 0.15) is 42.0 Å². The standard InChI is InChI=1S/C24H21F2N5O/c1-15(4-3-9-30-22-6-5-17(13-27)11-18(22)14-29-30)24(32)31-23(7-8-28-31)19-12-20(25)16(2)10-21(19)26/h5-6,8,10-12,14,23H,1,3-4,7,9H2,2H3. The van der Waals surface area contributed by atoms with E-state index in [1.165, 1.54) is 18.1 Å². The molecular weight excluding hydrogens is 412 g/mol. The summed E-state index contributed by atoms with van der Waals surface area (Å²) in [7, 11) is 0. The highest BCUT2D eigenvalue weighted by Gasteiger charge is 2.31. The van der Waals surface area contributed by atoms with Crippen molar-refractivity contribution in [2.75, 3.05) is 0 Å². The molecule has 4 rings (SSSR count). The highest BCUT2D eigenvalue weighted by atomic mass is 19.1. The smallest absolute Gasteiger partial charge is 0.268 e. The summed E-state index contributed by atoms with van der Waals surface area (Å²) in [6.07, 6.45) is 4.55. The van der Waals surface area contributed by atoms with Crippen molar-refractivity contribution in [1.29, 1.82) is 5.26 Å². The van der Waals surface area contributed by atoms with E-state index in [0.717, 1.165) is 23.0 Å². The van der Waals surface area contributed by atoms with Gasteiger partial charge in [-0.15, -0.1) is 0 Å². The minimum Gasteiger partial charge on any atom is -0.268 e. The van der Waals surface area contributed by atoms with Crippen molar-refractivity contribution in [2.45, 2.75) is 38.8 Å². The molecule has 0 fully saturated rings. The van der Waals surface area contributed by atoms with E-state index in [1.807, 2.05) is 10.7 Å². The summed E-state index contributed by atoms with van der Waals surface area (Å²) >= 11 is 0. The summed E-state index contributed by atoms with van der Waals surface area (Å²) in [6, 6.07) is 9.04. The van der Waals surface area contributed by atoms with E-state index < -0.39 is 23.6 Å². The first-order chi connectivity index (χ1) is 15.4. The van der Waals surface area contributed by atoms with Crippen molar-refractivity contribution in [2.24, 2.45) is 5.10 Å². The number of nitriles is 1. The maximum atomic E-state index is 14.4. The van der Waals surface area contributed by atoms with Gasteiger partial charge in [0, 0.05) is 35.7 Å². The quantitative estimate of drug-likeness (QED) is 0.525. The molecule has 0 saturated heterocycles. The molecule has 1 aromatic heterocycles. The third-order valence-corrected chi connectivity index (χ3v) is 5.60. The fraction of sp³-hybridized carbons (Fsp3) is 0.250. The van der Waals surface area contributed by atoms with Gasteiger partial charge in [0.25, 0.3) is 5.91 Å². The zero-order valence-corrected chi connectivity index (χ0v) is 17.6. The van der Waals surface area contributed by atoms with Crippen molar-refractivity contribution in [3.05, 3.63) is 77.0 Å². The van der Waals surface area contributed by atoms with Crippen LogP contribution in [0.25, 0.3) is 10.9 Å². The van der Waals surface area contributed by atoms with Crippen molar-refractivity contribution < 1.29 is 13.6 Å². The maximum Gasteiger partial charge on any atom is 0.269 e. The van der Waals surface area contributed by atoms with Crippen LogP contribution >= 0.6 is 0 Å². The van der Waals surface area contributed by atoms with Gasteiger partial charge >= 0.3 is 0 Å². The van der Waals surface area contributed by atoms with Gasteiger partial charge in [0.1, 0.15) is 11.6 Å². The molecule has 32 heavy (non-hydrogen) atoms. The molecule has 0 saturated carbocycles. The lowest BCUT2D eigenvalue weighted by Gasteiger charge is -2.23. The normalized spacial score (nSPS) is 15.3. The third-order valence-electron chi connectivity index (χ3n) is 5.60. The van der Waals surface area contributed by atoms with Gasteiger partial charge in [-0.2, -0.15) is 15.5 Å². The molecule has 1 amide bonds. The molecule has 8 heteroatoms. The Bertz CT molecular complexity index is 1290. The molecule has 1 atom stereocenters. The molecular formula is C24H21F2N5O. The van der Waals surface area contributed by atoms with E-state index in [4.69, 9.17) is 5.26 Å². The van der Waals surface area contributed by atoms with Gasteiger partial charge in [0.15, 0.2) is 0 Å². The Hall–Kier alpha value is -3.86. The molecule has 1 unspecified atom stereocenters. The number of hydrogen-bond acceptors (Lipinski definition) is 4. The Balaban J connectivity index is 1.40. The summed E-state index contributed by atoms with van der Waals surface area (Å²) < 4.78 is 30.3. The molecule has 0 N–H and O–H groups in total. The Morgan fingerprint density at radius 1 is 1.28 bits per heavy atom. The zero-order chi connectivity index (χ0) is 22.8. The van der Waals surface area contributed by atoms with Crippen LogP contribution in [0.5, 0.6) is 0 Å². The first kappa shape index (κ1) is 21.4. The van der Waals surface area contributed by atoms with Gasteiger partial charge < -0.3 is 0 Å². The number of carbonyl (C=O) groups excluding carboxylic acids is 1. The Morgan fingerprint density at radius 3 is 2.88 bits per heavy atom. The second-order valence-corrected chi connectivity index (χ2v) is 7.78. The molecule has 2 aromatic carbocycles. The Labute approximate surface area is 184 Å². The number of hydrazone groups is 1. The van der Waals surface area contributed by atoms with E-state index in [0.29, 0.717) is 36.9 Å². The van der Waals surface area contributed by atoms with Gasteiger partial charge in [-0.3, -0.25) is 9.48 Å².